The molecule has 0 saturated carbocycles. The number of benzene rings is 1. The van der Waals surface area contributed by atoms with E-state index < -0.39 is 10.0 Å². The molecule has 0 saturated heterocycles. The van der Waals surface area contributed by atoms with Crippen LogP contribution in [0, 0.1) is 5.41 Å². The minimum Gasteiger partial charge on any atom is -0.326 e. The molecular formula is C14H24N2O2S. The van der Waals surface area contributed by atoms with Gasteiger partial charge in [0.15, 0.2) is 0 Å². The van der Waals surface area contributed by atoms with Gasteiger partial charge in [0.05, 0.1) is 5.75 Å². The van der Waals surface area contributed by atoms with E-state index in [4.69, 9.17) is 5.73 Å². The van der Waals surface area contributed by atoms with Crippen LogP contribution >= 0.6 is 0 Å². The van der Waals surface area contributed by atoms with Gasteiger partial charge >= 0.3 is 0 Å². The van der Waals surface area contributed by atoms with Crippen LogP contribution in [-0.2, 0) is 23.1 Å². The Kier molecular flexibility index (Phi) is 5.12. The Bertz CT molecular complexity index is 501. The van der Waals surface area contributed by atoms with Crippen LogP contribution in [0.15, 0.2) is 24.3 Å². The molecule has 0 bridgehead atoms. The van der Waals surface area contributed by atoms with Crippen molar-refractivity contribution in [2.75, 3.05) is 12.8 Å². The second kappa shape index (κ2) is 6.03. The first kappa shape index (κ1) is 16.1. The second-order valence-corrected chi connectivity index (χ2v) is 8.17. The maximum atomic E-state index is 12.2. The predicted octanol–water partition coefficient (Wildman–Crippen LogP) is 1.95. The normalized spacial score (nSPS) is 12.9. The summed E-state index contributed by atoms with van der Waals surface area (Å²) >= 11 is 0. The summed E-state index contributed by atoms with van der Waals surface area (Å²) in [6.45, 7) is 6.67. The van der Waals surface area contributed by atoms with Crippen LogP contribution < -0.4 is 5.73 Å². The molecule has 0 atom stereocenters. The van der Waals surface area contributed by atoms with Gasteiger partial charge in [-0.2, -0.15) is 0 Å². The van der Waals surface area contributed by atoms with E-state index in [0.717, 1.165) is 11.1 Å². The molecule has 2 N–H and O–H groups in total. The van der Waals surface area contributed by atoms with E-state index in [1.165, 1.54) is 4.31 Å². The van der Waals surface area contributed by atoms with Gasteiger partial charge in [0.1, 0.15) is 0 Å². The first-order valence-corrected chi connectivity index (χ1v) is 7.97. The number of nitrogens with two attached hydrogens (primary N) is 1. The molecule has 0 aliphatic carbocycles. The van der Waals surface area contributed by atoms with Crippen LogP contribution in [0.3, 0.4) is 0 Å². The van der Waals surface area contributed by atoms with Gasteiger partial charge in [0.25, 0.3) is 0 Å². The molecule has 0 aliphatic heterocycles. The lowest BCUT2D eigenvalue weighted by Crippen LogP contribution is -2.33. The summed E-state index contributed by atoms with van der Waals surface area (Å²) < 4.78 is 25.8. The van der Waals surface area contributed by atoms with Gasteiger partial charge in [0.2, 0.25) is 10.0 Å². The number of rotatable bonds is 5. The molecule has 1 aromatic carbocycles. The van der Waals surface area contributed by atoms with Crippen LogP contribution in [0.5, 0.6) is 0 Å². The van der Waals surface area contributed by atoms with Crippen molar-refractivity contribution < 1.29 is 8.42 Å². The highest BCUT2D eigenvalue weighted by Crippen LogP contribution is 2.19. The first-order valence-electron chi connectivity index (χ1n) is 6.36. The van der Waals surface area contributed by atoms with Gasteiger partial charge < -0.3 is 5.73 Å². The summed E-state index contributed by atoms with van der Waals surface area (Å²) in [5.74, 6) is 0.150. The Balaban J connectivity index is 2.75. The standard InChI is InChI=1S/C14H24N2O2S/c1-14(2,3)11-19(17,18)16(4)10-13-7-5-12(9-15)6-8-13/h5-8H,9-11,15H2,1-4H3. The van der Waals surface area contributed by atoms with Crippen LogP contribution in [-0.4, -0.2) is 25.5 Å². The zero-order chi connectivity index (χ0) is 14.7. The van der Waals surface area contributed by atoms with Crippen molar-refractivity contribution in [3.63, 3.8) is 0 Å². The van der Waals surface area contributed by atoms with Crippen molar-refractivity contribution in [1.82, 2.24) is 4.31 Å². The fourth-order valence-corrected chi connectivity index (χ4v) is 3.45. The van der Waals surface area contributed by atoms with Crippen molar-refractivity contribution >= 4 is 10.0 Å². The minimum atomic E-state index is -3.22. The van der Waals surface area contributed by atoms with Crippen molar-refractivity contribution in [1.29, 1.82) is 0 Å². The topological polar surface area (TPSA) is 63.4 Å². The highest BCUT2D eigenvalue weighted by Gasteiger charge is 2.25. The largest absolute Gasteiger partial charge is 0.326 e. The quantitative estimate of drug-likeness (QED) is 0.899. The molecule has 0 heterocycles. The van der Waals surface area contributed by atoms with Crippen LogP contribution in [0.25, 0.3) is 0 Å². The molecule has 19 heavy (non-hydrogen) atoms. The summed E-state index contributed by atoms with van der Waals surface area (Å²) in [6, 6.07) is 7.70. The molecule has 0 unspecified atom stereocenters. The van der Waals surface area contributed by atoms with Gasteiger partial charge in [-0.3, -0.25) is 0 Å². The van der Waals surface area contributed by atoms with E-state index in [9.17, 15) is 8.42 Å². The summed E-state index contributed by atoms with van der Waals surface area (Å²) in [4.78, 5) is 0. The van der Waals surface area contributed by atoms with E-state index in [1.807, 2.05) is 45.0 Å². The monoisotopic (exact) mass is 284 g/mol. The maximum Gasteiger partial charge on any atom is 0.214 e. The number of hydrogen-bond acceptors (Lipinski definition) is 3. The third kappa shape index (κ3) is 5.30. The third-order valence-electron chi connectivity index (χ3n) is 2.75. The molecule has 0 amide bonds. The van der Waals surface area contributed by atoms with Crippen LogP contribution in [0.2, 0.25) is 0 Å². The highest BCUT2D eigenvalue weighted by atomic mass is 32.2. The summed E-state index contributed by atoms with van der Waals surface area (Å²) in [5.41, 5.74) is 7.31. The summed E-state index contributed by atoms with van der Waals surface area (Å²) in [5, 5.41) is 0. The Morgan fingerprint density at radius 1 is 1.11 bits per heavy atom. The second-order valence-electron chi connectivity index (χ2n) is 6.09. The fourth-order valence-electron chi connectivity index (χ4n) is 1.79. The Hall–Kier alpha value is -0.910. The van der Waals surface area contributed by atoms with Gasteiger partial charge in [-0.1, -0.05) is 45.0 Å². The Morgan fingerprint density at radius 3 is 2.00 bits per heavy atom. The number of nitrogens with zero attached hydrogens (tertiary/aromatic N) is 1. The van der Waals surface area contributed by atoms with E-state index in [1.54, 1.807) is 7.05 Å². The lowest BCUT2D eigenvalue weighted by Gasteiger charge is -2.23. The van der Waals surface area contributed by atoms with Crippen LogP contribution in [0.4, 0.5) is 0 Å². The summed E-state index contributed by atoms with van der Waals surface area (Å²) in [7, 11) is -1.60. The third-order valence-corrected chi connectivity index (χ3v) is 5.06. The molecule has 0 radical (unpaired) electrons. The van der Waals surface area contributed by atoms with Crippen molar-refractivity contribution in [3.8, 4) is 0 Å². The molecule has 4 nitrogen and oxygen atoms in total. The molecular weight excluding hydrogens is 260 g/mol. The Morgan fingerprint density at radius 2 is 1.58 bits per heavy atom. The van der Waals surface area contributed by atoms with Crippen molar-refractivity contribution in [2.24, 2.45) is 11.1 Å². The molecule has 108 valence electrons. The predicted molar refractivity (Wildman–Crippen MR) is 79.0 cm³/mol. The molecule has 5 heteroatoms. The number of sulfonamides is 1. The average molecular weight is 284 g/mol. The van der Waals surface area contributed by atoms with Crippen LogP contribution in [0.1, 0.15) is 31.9 Å². The maximum absolute atomic E-state index is 12.2. The van der Waals surface area contributed by atoms with E-state index in [0.29, 0.717) is 13.1 Å². The van der Waals surface area contributed by atoms with E-state index >= 15 is 0 Å². The molecule has 0 fully saturated rings. The minimum absolute atomic E-state index is 0.150. The molecule has 1 rings (SSSR count). The molecule has 0 spiro atoms. The SMILES string of the molecule is CN(Cc1ccc(CN)cc1)S(=O)(=O)CC(C)(C)C. The van der Waals surface area contributed by atoms with E-state index in [-0.39, 0.29) is 11.2 Å². The molecule has 1 aromatic rings. The smallest absolute Gasteiger partial charge is 0.214 e. The highest BCUT2D eigenvalue weighted by molar-refractivity contribution is 7.89. The average Bonchev–Trinajstić information content (AvgIpc) is 2.26. The van der Waals surface area contributed by atoms with Crippen molar-refractivity contribution in [2.45, 2.75) is 33.9 Å². The van der Waals surface area contributed by atoms with Gasteiger partial charge in [0, 0.05) is 20.1 Å². The van der Waals surface area contributed by atoms with E-state index in [2.05, 4.69) is 0 Å². The zero-order valence-electron chi connectivity index (χ0n) is 12.2. The number of hydrogen-bond donors (Lipinski definition) is 1. The van der Waals surface area contributed by atoms with Crippen molar-refractivity contribution in [3.05, 3.63) is 35.4 Å². The first-order chi connectivity index (χ1) is 8.64. The Labute approximate surface area is 116 Å². The van der Waals surface area contributed by atoms with Gasteiger partial charge in [-0.25, -0.2) is 12.7 Å². The molecule has 0 aliphatic rings. The van der Waals surface area contributed by atoms with Gasteiger partial charge in [-0.05, 0) is 16.5 Å². The molecule has 0 aromatic heterocycles. The lowest BCUT2D eigenvalue weighted by atomic mass is 10.0. The fraction of sp³-hybridized carbons (Fsp3) is 0.571. The summed E-state index contributed by atoms with van der Waals surface area (Å²) in [6.07, 6.45) is 0. The zero-order valence-corrected chi connectivity index (χ0v) is 13.0. The van der Waals surface area contributed by atoms with Gasteiger partial charge in [-0.15, -0.1) is 0 Å². The lowest BCUT2D eigenvalue weighted by molar-refractivity contribution is 0.420.